The molecule has 1 saturated heterocycles. The van der Waals surface area contributed by atoms with Crippen molar-refractivity contribution in [2.24, 2.45) is 0 Å². The molecule has 17 heavy (non-hydrogen) atoms. The van der Waals surface area contributed by atoms with Gasteiger partial charge in [0.05, 0.1) is 22.0 Å². The van der Waals surface area contributed by atoms with E-state index in [4.69, 9.17) is 4.74 Å². The number of nitrogens with one attached hydrogen (secondary N) is 1. The van der Waals surface area contributed by atoms with E-state index < -0.39 is 0 Å². The Balaban J connectivity index is 2.16. The lowest BCUT2D eigenvalue weighted by Crippen LogP contribution is -2.31. The van der Waals surface area contributed by atoms with E-state index in [9.17, 15) is 0 Å². The molecule has 0 spiro atoms. The maximum Gasteiger partial charge on any atom is 0.0782 e. The van der Waals surface area contributed by atoms with Gasteiger partial charge in [0.25, 0.3) is 0 Å². The van der Waals surface area contributed by atoms with Gasteiger partial charge in [-0.2, -0.15) is 0 Å². The summed E-state index contributed by atoms with van der Waals surface area (Å²) in [5.74, 6) is 0. The quantitative estimate of drug-likeness (QED) is 0.905. The first-order valence-electron chi connectivity index (χ1n) is 6.26. The third-order valence-corrected chi connectivity index (χ3v) is 5.46. The SMILES string of the molecule is CCNC(c1cc(C)c(Br)s1)C1CCC(C)O1. The second-order valence-electron chi connectivity index (χ2n) is 4.70. The topological polar surface area (TPSA) is 21.3 Å². The van der Waals surface area contributed by atoms with E-state index in [1.54, 1.807) is 0 Å². The van der Waals surface area contributed by atoms with Gasteiger partial charge >= 0.3 is 0 Å². The van der Waals surface area contributed by atoms with Gasteiger partial charge in [0.1, 0.15) is 0 Å². The van der Waals surface area contributed by atoms with Gasteiger partial charge in [0.15, 0.2) is 0 Å². The fourth-order valence-electron chi connectivity index (χ4n) is 2.35. The van der Waals surface area contributed by atoms with Crippen LogP contribution in [0, 0.1) is 6.92 Å². The minimum absolute atomic E-state index is 0.329. The number of thiophene rings is 1. The summed E-state index contributed by atoms with van der Waals surface area (Å²) in [5, 5.41) is 3.57. The van der Waals surface area contributed by atoms with Crippen molar-refractivity contribution in [3.8, 4) is 0 Å². The first-order chi connectivity index (χ1) is 8.11. The Hall–Kier alpha value is 0.1000. The number of hydrogen-bond acceptors (Lipinski definition) is 3. The third-order valence-electron chi connectivity index (χ3n) is 3.24. The van der Waals surface area contributed by atoms with Crippen molar-refractivity contribution < 1.29 is 4.74 Å². The van der Waals surface area contributed by atoms with Crippen LogP contribution in [0.2, 0.25) is 0 Å². The van der Waals surface area contributed by atoms with Gasteiger partial charge in [-0.3, -0.25) is 0 Å². The minimum atomic E-state index is 0.329. The first-order valence-corrected chi connectivity index (χ1v) is 7.87. The van der Waals surface area contributed by atoms with Crippen LogP contribution in [-0.4, -0.2) is 18.8 Å². The lowest BCUT2D eigenvalue weighted by atomic mass is 10.1. The first kappa shape index (κ1) is 13.5. The van der Waals surface area contributed by atoms with Crippen molar-refractivity contribution in [1.29, 1.82) is 0 Å². The zero-order chi connectivity index (χ0) is 12.4. The second-order valence-corrected chi connectivity index (χ2v) is 7.11. The Morgan fingerprint density at radius 1 is 1.59 bits per heavy atom. The molecule has 2 rings (SSSR count). The zero-order valence-corrected chi connectivity index (χ0v) is 13.0. The molecule has 0 saturated carbocycles. The Morgan fingerprint density at radius 2 is 2.35 bits per heavy atom. The molecule has 1 aliphatic heterocycles. The molecular weight excluding hydrogens is 298 g/mol. The summed E-state index contributed by atoms with van der Waals surface area (Å²) in [7, 11) is 0. The second kappa shape index (κ2) is 5.83. The van der Waals surface area contributed by atoms with E-state index in [0.717, 1.165) is 13.0 Å². The molecule has 0 amide bonds. The van der Waals surface area contributed by atoms with Crippen LogP contribution in [0.15, 0.2) is 9.85 Å². The molecular formula is C13H20BrNOS. The number of ether oxygens (including phenoxy) is 1. The highest BCUT2D eigenvalue weighted by Gasteiger charge is 2.31. The highest BCUT2D eigenvalue weighted by molar-refractivity contribution is 9.11. The van der Waals surface area contributed by atoms with E-state index in [0.29, 0.717) is 18.2 Å². The maximum atomic E-state index is 6.01. The van der Waals surface area contributed by atoms with E-state index in [1.165, 1.54) is 20.6 Å². The summed E-state index contributed by atoms with van der Waals surface area (Å²) in [6.07, 6.45) is 3.08. The standard InChI is InChI=1S/C13H20BrNOS/c1-4-15-12(10-6-5-9(3)16-10)11-7-8(2)13(14)17-11/h7,9-10,12,15H,4-6H2,1-3H3. The summed E-state index contributed by atoms with van der Waals surface area (Å²) < 4.78 is 7.25. The summed E-state index contributed by atoms with van der Waals surface area (Å²) in [6, 6.07) is 2.62. The van der Waals surface area contributed by atoms with Gasteiger partial charge < -0.3 is 10.1 Å². The Kier molecular flexibility index (Phi) is 4.64. The predicted octanol–water partition coefficient (Wildman–Crippen LogP) is 4.04. The Morgan fingerprint density at radius 3 is 2.82 bits per heavy atom. The van der Waals surface area contributed by atoms with Gasteiger partial charge in [0, 0.05) is 4.88 Å². The van der Waals surface area contributed by atoms with Crippen LogP contribution in [0.5, 0.6) is 0 Å². The van der Waals surface area contributed by atoms with Crippen LogP contribution in [-0.2, 0) is 4.74 Å². The molecule has 2 nitrogen and oxygen atoms in total. The number of rotatable bonds is 4. The highest BCUT2D eigenvalue weighted by Crippen LogP contribution is 2.36. The van der Waals surface area contributed by atoms with Gasteiger partial charge in [0.2, 0.25) is 0 Å². The summed E-state index contributed by atoms with van der Waals surface area (Å²) in [4.78, 5) is 1.38. The monoisotopic (exact) mass is 317 g/mol. The van der Waals surface area contributed by atoms with Crippen LogP contribution in [0.25, 0.3) is 0 Å². The van der Waals surface area contributed by atoms with Gasteiger partial charge in [-0.05, 0) is 60.8 Å². The molecule has 1 aliphatic rings. The average Bonchev–Trinajstić information content (AvgIpc) is 2.83. The smallest absolute Gasteiger partial charge is 0.0782 e. The van der Waals surface area contributed by atoms with E-state index >= 15 is 0 Å². The number of aryl methyl sites for hydroxylation is 1. The third kappa shape index (κ3) is 3.11. The fraction of sp³-hybridized carbons (Fsp3) is 0.692. The van der Waals surface area contributed by atoms with Gasteiger partial charge in [-0.25, -0.2) is 0 Å². The van der Waals surface area contributed by atoms with Crippen LogP contribution in [0.4, 0.5) is 0 Å². The molecule has 96 valence electrons. The zero-order valence-electron chi connectivity index (χ0n) is 10.6. The lowest BCUT2D eigenvalue weighted by Gasteiger charge is -2.23. The van der Waals surface area contributed by atoms with E-state index in [1.807, 2.05) is 11.3 Å². The van der Waals surface area contributed by atoms with Crippen molar-refractivity contribution in [3.63, 3.8) is 0 Å². The van der Waals surface area contributed by atoms with Crippen molar-refractivity contribution >= 4 is 27.3 Å². The lowest BCUT2D eigenvalue weighted by molar-refractivity contribution is 0.0327. The summed E-state index contributed by atoms with van der Waals surface area (Å²) in [6.45, 7) is 7.44. The molecule has 0 aliphatic carbocycles. The van der Waals surface area contributed by atoms with E-state index in [2.05, 4.69) is 48.1 Å². The molecule has 0 radical (unpaired) electrons. The fourth-order valence-corrected chi connectivity index (χ4v) is 4.05. The van der Waals surface area contributed by atoms with Crippen LogP contribution in [0.3, 0.4) is 0 Å². The molecule has 3 atom stereocenters. The number of hydrogen-bond donors (Lipinski definition) is 1. The molecule has 1 fully saturated rings. The molecule has 1 aromatic rings. The number of halogens is 1. The Bertz CT molecular complexity index is 360. The van der Waals surface area contributed by atoms with Crippen LogP contribution < -0.4 is 5.32 Å². The predicted molar refractivity (Wildman–Crippen MR) is 76.7 cm³/mol. The van der Waals surface area contributed by atoms with Crippen LogP contribution in [0.1, 0.15) is 43.2 Å². The molecule has 2 heterocycles. The minimum Gasteiger partial charge on any atom is -0.373 e. The highest BCUT2D eigenvalue weighted by atomic mass is 79.9. The van der Waals surface area contributed by atoms with Crippen molar-refractivity contribution in [2.45, 2.75) is 51.9 Å². The van der Waals surface area contributed by atoms with Crippen molar-refractivity contribution in [3.05, 3.63) is 20.3 Å². The summed E-state index contributed by atoms with van der Waals surface area (Å²) >= 11 is 5.43. The molecule has 1 aromatic heterocycles. The van der Waals surface area contributed by atoms with Crippen LogP contribution >= 0.6 is 27.3 Å². The summed E-state index contributed by atoms with van der Waals surface area (Å²) in [5.41, 5.74) is 1.32. The van der Waals surface area contributed by atoms with Gasteiger partial charge in [-0.1, -0.05) is 6.92 Å². The van der Waals surface area contributed by atoms with Crippen molar-refractivity contribution in [2.75, 3.05) is 6.54 Å². The molecule has 0 aromatic carbocycles. The van der Waals surface area contributed by atoms with Gasteiger partial charge in [-0.15, -0.1) is 11.3 Å². The largest absolute Gasteiger partial charge is 0.373 e. The normalized spacial score (nSPS) is 26.4. The molecule has 3 unspecified atom stereocenters. The average molecular weight is 318 g/mol. The molecule has 1 N–H and O–H groups in total. The van der Waals surface area contributed by atoms with E-state index in [-0.39, 0.29) is 0 Å². The van der Waals surface area contributed by atoms with Crippen molar-refractivity contribution in [1.82, 2.24) is 5.32 Å². The Labute approximate surface area is 116 Å². The maximum absolute atomic E-state index is 6.01. The number of likely N-dealkylation sites (N-methyl/N-ethyl adjacent to an activating group) is 1. The molecule has 0 bridgehead atoms. The molecule has 4 heteroatoms.